The Labute approximate surface area is 206 Å². The van der Waals surface area contributed by atoms with Crippen molar-refractivity contribution in [2.45, 2.75) is 38.1 Å². The number of nitrogens with one attached hydrogen (secondary N) is 1. The first-order valence-corrected chi connectivity index (χ1v) is 13.3. The number of ether oxygens (including phenoxy) is 1. The minimum atomic E-state index is -1.56. The van der Waals surface area contributed by atoms with Gasteiger partial charge in [0.05, 0.1) is 23.8 Å². The van der Waals surface area contributed by atoms with Crippen molar-refractivity contribution >= 4 is 28.5 Å². The SMILES string of the molecule is CS(=O)NC(=O)c1cc(C2CC2)c(OCC2CCN(Cc3cc(Cl)cc(C#N)c3)CC2)cc1F. The summed E-state index contributed by atoms with van der Waals surface area (Å²) in [6, 6.07) is 10.4. The molecule has 1 heterocycles. The molecule has 2 aromatic carbocycles. The minimum Gasteiger partial charge on any atom is -0.493 e. The highest BCUT2D eigenvalue weighted by Gasteiger charge is 2.30. The molecule has 1 unspecified atom stereocenters. The Kier molecular flexibility index (Phi) is 7.87. The molecule has 1 aliphatic heterocycles. The molecule has 1 amide bonds. The molecule has 1 aliphatic carbocycles. The molecule has 4 rings (SSSR count). The lowest BCUT2D eigenvalue weighted by Gasteiger charge is -2.32. The molecule has 1 saturated carbocycles. The Morgan fingerprint density at radius 3 is 2.62 bits per heavy atom. The average Bonchev–Trinajstić information content (AvgIpc) is 3.63. The number of nitriles is 1. The second-order valence-corrected chi connectivity index (χ2v) is 10.6. The van der Waals surface area contributed by atoms with Crippen LogP contribution in [0.15, 0.2) is 30.3 Å². The third-order valence-electron chi connectivity index (χ3n) is 6.27. The van der Waals surface area contributed by atoms with Crippen LogP contribution in [-0.4, -0.2) is 41.0 Å². The van der Waals surface area contributed by atoms with Crippen molar-refractivity contribution in [2.24, 2.45) is 5.92 Å². The maximum atomic E-state index is 14.6. The van der Waals surface area contributed by atoms with Gasteiger partial charge in [0.1, 0.15) is 22.6 Å². The number of hydrogen-bond donors (Lipinski definition) is 1. The van der Waals surface area contributed by atoms with Crippen molar-refractivity contribution in [1.82, 2.24) is 9.62 Å². The van der Waals surface area contributed by atoms with Gasteiger partial charge < -0.3 is 4.74 Å². The first-order chi connectivity index (χ1) is 16.3. The highest BCUT2D eigenvalue weighted by molar-refractivity contribution is 7.82. The largest absolute Gasteiger partial charge is 0.493 e. The average molecular weight is 504 g/mol. The van der Waals surface area contributed by atoms with Gasteiger partial charge in [-0.05, 0) is 86.0 Å². The number of benzene rings is 2. The number of piperidine rings is 1. The van der Waals surface area contributed by atoms with E-state index in [1.807, 2.05) is 12.1 Å². The van der Waals surface area contributed by atoms with Gasteiger partial charge in [-0.3, -0.25) is 14.4 Å². The van der Waals surface area contributed by atoms with E-state index in [-0.39, 0.29) is 11.5 Å². The van der Waals surface area contributed by atoms with Crippen LogP contribution in [-0.2, 0) is 17.5 Å². The van der Waals surface area contributed by atoms with Crippen LogP contribution in [0, 0.1) is 23.1 Å². The van der Waals surface area contributed by atoms with Gasteiger partial charge in [-0.15, -0.1) is 0 Å². The molecule has 0 radical (unpaired) electrons. The van der Waals surface area contributed by atoms with Gasteiger partial charge in [0.15, 0.2) is 0 Å². The van der Waals surface area contributed by atoms with Gasteiger partial charge in [-0.1, -0.05) is 11.6 Å². The Morgan fingerprint density at radius 2 is 1.97 bits per heavy atom. The van der Waals surface area contributed by atoms with Gasteiger partial charge in [0.2, 0.25) is 0 Å². The monoisotopic (exact) mass is 503 g/mol. The summed E-state index contributed by atoms with van der Waals surface area (Å²) in [6.45, 7) is 3.04. The second-order valence-electron chi connectivity index (χ2n) is 9.02. The molecule has 34 heavy (non-hydrogen) atoms. The summed E-state index contributed by atoms with van der Waals surface area (Å²) in [5.41, 5.74) is 2.34. The Morgan fingerprint density at radius 1 is 1.24 bits per heavy atom. The molecule has 9 heteroatoms. The van der Waals surface area contributed by atoms with E-state index < -0.39 is 22.7 Å². The molecular formula is C25H27ClFN3O3S. The summed E-state index contributed by atoms with van der Waals surface area (Å²) in [5.74, 6) is -0.228. The number of carbonyl (C=O) groups is 1. The normalized spacial score (nSPS) is 17.7. The minimum absolute atomic E-state index is 0.0988. The third kappa shape index (κ3) is 6.35. The Hall–Kier alpha value is -2.47. The van der Waals surface area contributed by atoms with Crippen molar-refractivity contribution in [1.29, 1.82) is 5.26 Å². The molecule has 2 fully saturated rings. The molecule has 6 nitrogen and oxygen atoms in total. The summed E-state index contributed by atoms with van der Waals surface area (Å²) < 4.78 is 34.3. The van der Waals surface area contributed by atoms with E-state index in [4.69, 9.17) is 21.6 Å². The number of amides is 1. The van der Waals surface area contributed by atoms with E-state index in [1.165, 1.54) is 12.3 Å². The molecule has 0 aromatic heterocycles. The third-order valence-corrected chi connectivity index (χ3v) is 6.96. The van der Waals surface area contributed by atoms with E-state index >= 15 is 0 Å². The van der Waals surface area contributed by atoms with Crippen LogP contribution in [0.3, 0.4) is 0 Å². The van der Waals surface area contributed by atoms with Crippen molar-refractivity contribution in [3.8, 4) is 11.8 Å². The second kappa shape index (κ2) is 10.9. The molecule has 0 bridgehead atoms. The lowest BCUT2D eigenvalue weighted by atomic mass is 9.97. The fourth-order valence-corrected chi connectivity index (χ4v) is 4.98. The summed E-state index contributed by atoms with van der Waals surface area (Å²) >= 11 is 6.12. The van der Waals surface area contributed by atoms with Crippen LogP contribution in [0.25, 0.3) is 0 Å². The number of carbonyl (C=O) groups excluding carboxylic acids is 1. The van der Waals surface area contributed by atoms with E-state index in [0.717, 1.165) is 56.4 Å². The first kappa shape index (κ1) is 24.6. The van der Waals surface area contributed by atoms with E-state index in [1.54, 1.807) is 12.1 Å². The highest BCUT2D eigenvalue weighted by Crippen LogP contribution is 2.45. The Bertz CT molecular complexity index is 1140. The van der Waals surface area contributed by atoms with Crippen LogP contribution in [0.4, 0.5) is 4.39 Å². The first-order valence-electron chi connectivity index (χ1n) is 11.3. The maximum Gasteiger partial charge on any atom is 0.265 e. The van der Waals surface area contributed by atoms with Crippen molar-refractivity contribution in [3.05, 3.63) is 63.4 Å². The van der Waals surface area contributed by atoms with Gasteiger partial charge in [-0.2, -0.15) is 5.26 Å². The van der Waals surface area contributed by atoms with Crippen molar-refractivity contribution in [3.63, 3.8) is 0 Å². The number of likely N-dealkylation sites (tertiary alicyclic amines) is 1. The van der Waals surface area contributed by atoms with Gasteiger partial charge in [-0.25, -0.2) is 8.60 Å². The maximum absolute atomic E-state index is 14.6. The fraction of sp³-hybridized carbons (Fsp3) is 0.440. The molecule has 1 N–H and O–H groups in total. The zero-order chi connectivity index (χ0) is 24.2. The molecule has 2 aliphatic rings. The number of nitrogens with zero attached hydrogens (tertiary/aromatic N) is 2. The van der Waals surface area contributed by atoms with E-state index in [0.29, 0.717) is 28.9 Å². The van der Waals surface area contributed by atoms with Crippen LogP contribution in [0.2, 0.25) is 5.02 Å². The summed E-state index contributed by atoms with van der Waals surface area (Å²) in [7, 11) is -1.56. The fourth-order valence-electron chi connectivity index (χ4n) is 4.35. The smallest absolute Gasteiger partial charge is 0.265 e. The summed E-state index contributed by atoms with van der Waals surface area (Å²) in [5, 5.41) is 9.71. The molecule has 0 spiro atoms. The van der Waals surface area contributed by atoms with Crippen molar-refractivity contribution in [2.75, 3.05) is 26.0 Å². The lowest BCUT2D eigenvalue weighted by Crippen LogP contribution is -2.35. The quantitative estimate of drug-likeness (QED) is 0.571. The van der Waals surface area contributed by atoms with Gasteiger partial charge in [0, 0.05) is 23.9 Å². The van der Waals surface area contributed by atoms with Crippen molar-refractivity contribution < 1.29 is 18.1 Å². The zero-order valence-electron chi connectivity index (χ0n) is 19.0. The Balaban J connectivity index is 1.34. The number of halogens is 2. The molecule has 1 atom stereocenters. The topological polar surface area (TPSA) is 82.4 Å². The summed E-state index contributed by atoms with van der Waals surface area (Å²) in [4.78, 5) is 14.5. The van der Waals surface area contributed by atoms with Gasteiger partial charge >= 0.3 is 0 Å². The predicted molar refractivity (Wildman–Crippen MR) is 130 cm³/mol. The highest BCUT2D eigenvalue weighted by atomic mass is 35.5. The van der Waals surface area contributed by atoms with Crippen LogP contribution < -0.4 is 9.46 Å². The lowest BCUT2D eigenvalue weighted by molar-refractivity contribution is 0.0979. The van der Waals surface area contributed by atoms with Crippen LogP contribution in [0.5, 0.6) is 5.75 Å². The number of hydrogen-bond acceptors (Lipinski definition) is 5. The molecule has 180 valence electrons. The van der Waals surface area contributed by atoms with Crippen LogP contribution in [0.1, 0.15) is 58.6 Å². The predicted octanol–water partition coefficient (Wildman–Crippen LogP) is 4.54. The zero-order valence-corrected chi connectivity index (χ0v) is 20.6. The number of rotatable bonds is 8. The van der Waals surface area contributed by atoms with Crippen LogP contribution >= 0.6 is 11.6 Å². The van der Waals surface area contributed by atoms with E-state index in [2.05, 4.69) is 15.7 Å². The molecule has 2 aromatic rings. The molecular weight excluding hydrogens is 477 g/mol. The standard InChI is InChI=1S/C25H27ClFN3O3S/c1-34(32)29-25(31)22-11-21(19-2-3-19)24(12-23(22)27)33-15-16-4-6-30(7-5-16)14-18-8-17(13-28)9-20(26)10-18/h8-12,16,19H,2-7,14-15H2,1H3,(H,29,31). The van der Waals surface area contributed by atoms with E-state index in [9.17, 15) is 13.4 Å². The summed E-state index contributed by atoms with van der Waals surface area (Å²) in [6.07, 6.45) is 5.21. The molecule has 1 saturated heterocycles. The van der Waals surface area contributed by atoms with Gasteiger partial charge in [0.25, 0.3) is 5.91 Å².